The van der Waals surface area contributed by atoms with Gasteiger partial charge in [-0.15, -0.1) is 0 Å². The first-order chi connectivity index (χ1) is 13.3. The van der Waals surface area contributed by atoms with Crippen molar-refractivity contribution in [3.05, 3.63) is 35.9 Å². The summed E-state index contributed by atoms with van der Waals surface area (Å²) >= 11 is 0. The third-order valence-electron chi connectivity index (χ3n) is 4.72. The molecule has 2 amide bonds. The predicted molar refractivity (Wildman–Crippen MR) is 106 cm³/mol. The van der Waals surface area contributed by atoms with E-state index >= 15 is 0 Å². The zero-order valence-corrected chi connectivity index (χ0v) is 16.9. The summed E-state index contributed by atoms with van der Waals surface area (Å²) < 4.78 is 10.6. The molecule has 0 bridgehead atoms. The van der Waals surface area contributed by atoms with Crippen LogP contribution in [0.5, 0.6) is 0 Å². The quantitative estimate of drug-likeness (QED) is 0.690. The summed E-state index contributed by atoms with van der Waals surface area (Å²) in [6, 6.07) is 9.37. The molecule has 2 rings (SSSR count). The van der Waals surface area contributed by atoms with E-state index in [4.69, 9.17) is 9.47 Å². The highest BCUT2D eigenvalue weighted by molar-refractivity contribution is 5.68. The molecule has 0 aromatic heterocycles. The number of hydrogen-bond acceptors (Lipinski definition) is 5. The maximum atomic E-state index is 12.2. The summed E-state index contributed by atoms with van der Waals surface area (Å²) in [5, 5.41) is 15.2. The summed E-state index contributed by atoms with van der Waals surface area (Å²) in [5.41, 5.74) is 0.380. The van der Waals surface area contributed by atoms with E-state index in [1.54, 1.807) is 0 Å². The second-order valence-electron chi connectivity index (χ2n) is 8.24. The molecule has 1 aliphatic carbocycles. The molecular weight excluding hydrogens is 360 g/mol. The van der Waals surface area contributed by atoms with Gasteiger partial charge in [0.15, 0.2) is 0 Å². The fourth-order valence-corrected chi connectivity index (χ4v) is 3.46. The van der Waals surface area contributed by atoms with Gasteiger partial charge in [0.05, 0.1) is 0 Å². The van der Waals surface area contributed by atoms with Gasteiger partial charge in [0, 0.05) is 18.7 Å². The Morgan fingerprint density at radius 3 is 2.46 bits per heavy atom. The predicted octanol–water partition coefficient (Wildman–Crippen LogP) is 3.36. The molecule has 0 unspecified atom stereocenters. The van der Waals surface area contributed by atoms with E-state index in [2.05, 4.69) is 10.6 Å². The van der Waals surface area contributed by atoms with E-state index in [0.717, 1.165) is 12.0 Å². The van der Waals surface area contributed by atoms with Crippen molar-refractivity contribution < 1.29 is 24.2 Å². The molecule has 0 saturated heterocycles. The van der Waals surface area contributed by atoms with Crippen molar-refractivity contribution in [2.75, 3.05) is 6.61 Å². The Kier molecular flexibility index (Phi) is 8.11. The van der Waals surface area contributed by atoms with Gasteiger partial charge in [0.1, 0.15) is 12.2 Å². The molecule has 28 heavy (non-hydrogen) atoms. The maximum absolute atomic E-state index is 12.2. The van der Waals surface area contributed by atoms with Crippen LogP contribution in [0.1, 0.15) is 52.0 Å². The van der Waals surface area contributed by atoms with Gasteiger partial charge in [0.25, 0.3) is 0 Å². The van der Waals surface area contributed by atoms with Gasteiger partial charge in [-0.25, -0.2) is 9.59 Å². The van der Waals surface area contributed by atoms with Gasteiger partial charge in [0.2, 0.25) is 0 Å². The summed E-state index contributed by atoms with van der Waals surface area (Å²) in [7, 11) is 0. The van der Waals surface area contributed by atoms with Crippen molar-refractivity contribution in [1.29, 1.82) is 0 Å². The fraction of sp³-hybridized carbons (Fsp3) is 0.619. The summed E-state index contributed by atoms with van der Waals surface area (Å²) in [6.07, 6.45) is 1.75. The van der Waals surface area contributed by atoms with Gasteiger partial charge in [-0.05, 0) is 57.9 Å². The highest BCUT2D eigenvalue weighted by atomic mass is 16.6. The molecule has 0 heterocycles. The van der Waals surface area contributed by atoms with Crippen LogP contribution in [0.25, 0.3) is 0 Å². The second-order valence-corrected chi connectivity index (χ2v) is 8.24. The van der Waals surface area contributed by atoms with Crippen LogP contribution in [-0.2, 0) is 16.1 Å². The summed E-state index contributed by atoms with van der Waals surface area (Å²) in [6.45, 7) is 5.71. The number of carbonyl (C=O) groups is 2. The first-order valence-electron chi connectivity index (χ1n) is 9.84. The molecular formula is C21H32N2O5. The Labute approximate surface area is 166 Å². The molecule has 1 saturated carbocycles. The number of carbonyl (C=O) groups excluding carboxylic acids is 2. The Morgan fingerprint density at radius 2 is 1.82 bits per heavy atom. The zero-order chi connectivity index (χ0) is 20.6. The van der Waals surface area contributed by atoms with Gasteiger partial charge >= 0.3 is 12.2 Å². The number of benzene rings is 1. The Bertz CT molecular complexity index is 629. The third kappa shape index (κ3) is 7.76. The van der Waals surface area contributed by atoms with Crippen LogP contribution >= 0.6 is 0 Å². The Morgan fingerprint density at radius 1 is 1.11 bits per heavy atom. The number of alkyl carbamates (subject to hydrolysis) is 2. The summed E-state index contributed by atoms with van der Waals surface area (Å²) in [5.74, 6) is 0.0583. The molecule has 3 N–H and O–H groups in total. The van der Waals surface area contributed by atoms with Crippen molar-refractivity contribution in [2.45, 2.75) is 70.7 Å². The third-order valence-corrected chi connectivity index (χ3v) is 4.72. The standard InChI is InChI=1S/C21H32N2O5/c1-21(2,3)28-20(26)22-17-9-10-18(16(13-17)11-12-24)23-19(25)27-14-15-7-5-4-6-8-15/h4-8,16-18,24H,9-14H2,1-3H3,(H,22,26)(H,23,25)/t16-,17+,18-/m0/s1. The van der Waals surface area contributed by atoms with E-state index < -0.39 is 17.8 Å². The molecule has 0 radical (unpaired) electrons. The second kappa shape index (κ2) is 10.3. The lowest BCUT2D eigenvalue weighted by Crippen LogP contribution is -2.49. The first-order valence-corrected chi connectivity index (χ1v) is 9.84. The van der Waals surface area contributed by atoms with Crippen molar-refractivity contribution >= 4 is 12.2 Å². The lowest BCUT2D eigenvalue weighted by Gasteiger charge is -2.36. The number of ether oxygens (including phenoxy) is 2. The maximum Gasteiger partial charge on any atom is 0.407 e. The lowest BCUT2D eigenvalue weighted by atomic mass is 9.80. The van der Waals surface area contributed by atoms with Crippen molar-refractivity contribution in [1.82, 2.24) is 10.6 Å². The average Bonchev–Trinajstić information content (AvgIpc) is 2.61. The molecule has 7 nitrogen and oxygen atoms in total. The number of aliphatic hydroxyl groups is 1. The normalized spacial score (nSPS) is 22.2. The topological polar surface area (TPSA) is 96.9 Å². The largest absolute Gasteiger partial charge is 0.445 e. The minimum absolute atomic E-state index is 0.0288. The van der Waals surface area contributed by atoms with Crippen LogP contribution in [0.4, 0.5) is 9.59 Å². The van der Waals surface area contributed by atoms with Gasteiger partial charge < -0.3 is 25.2 Å². The smallest absolute Gasteiger partial charge is 0.407 e. The van der Waals surface area contributed by atoms with Crippen LogP contribution in [-0.4, -0.2) is 41.6 Å². The van der Waals surface area contributed by atoms with Crippen LogP contribution in [0.3, 0.4) is 0 Å². The van der Waals surface area contributed by atoms with E-state index in [-0.39, 0.29) is 31.2 Å². The summed E-state index contributed by atoms with van der Waals surface area (Å²) in [4.78, 5) is 24.2. The van der Waals surface area contributed by atoms with E-state index in [1.807, 2.05) is 51.1 Å². The van der Waals surface area contributed by atoms with Crippen LogP contribution in [0, 0.1) is 5.92 Å². The van der Waals surface area contributed by atoms with Crippen molar-refractivity contribution in [3.63, 3.8) is 0 Å². The van der Waals surface area contributed by atoms with Crippen LogP contribution < -0.4 is 10.6 Å². The highest BCUT2D eigenvalue weighted by Gasteiger charge is 2.33. The Balaban J connectivity index is 1.82. The molecule has 1 aromatic rings. The minimum Gasteiger partial charge on any atom is -0.445 e. The van der Waals surface area contributed by atoms with Gasteiger partial charge in [-0.3, -0.25) is 0 Å². The van der Waals surface area contributed by atoms with Gasteiger partial charge in [-0.1, -0.05) is 30.3 Å². The number of rotatable bonds is 6. The molecule has 0 spiro atoms. The molecule has 1 fully saturated rings. The number of aliphatic hydroxyl groups excluding tert-OH is 1. The molecule has 1 aromatic carbocycles. The van der Waals surface area contributed by atoms with Gasteiger partial charge in [-0.2, -0.15) is 0 Å². The SMILES string of the molecule is CC(C)(C)OC(=O)N[C@@H]1CC[C@H](NC(=O)OCc2ccccc2)[C@@H](CCO)C1. The Hall–Kier alpha value is -2.28. The molecule has 0 aliphatic heterocycles. The highest BCUT2D eigenvalue weighted by Crippen LogP contribution is 2.28. The molecule has 156 valence electrons. The van der Waals surface area contributed by atoms with Crippen molar-refractivity contribution in [2.24, 2.45) is 5.92 Å². The number of hydrogen-bond donors (Lipinski definition) is 3. The lowest BCUT2D eigenvalue weighted by molar-refractivity contribution is 0.0469. The van der Waals surface area contributed by atoms with E-state index in [9.17, 15) is 14.7 Å². The minimum atomic E-state index is -0.546. The number of nitrogens with one attached hydrogen (secondary N) is 2. The van der Waals surface area contributed by atoms with E-state index in [1.165, 1.54) is 0 Å². The van der Waals surface area contributed by atoms with Crippen LogP contribution in [0.15, 0.2) is 30.3 Å². The monoisotopic (exact) mass is 392 g/mol. The first kappa shape index (κ1) is 22.0. The average molecular weight is 392 g/mol. The zero-order valence-electron chi connectivity index (χ0n) is 16.9. The number of amides is 2. The molecule has 3 atom stereocenters. The van der Waals surface area contributed by atoms with Crippen molar-refractivity contribution in [3.8, 4) is 0 Å². The molecule has 1 aliphatic rings. The van der Waals surface area contributed by atoms with Crippen LogP contribution in [0.2, 0.25) is 0 Å². The van der Waals surface area contributed by atoms with E-state index in [0.29, 0.717) is 19.3 Å². The fourth-order valence-electron chi connectivity index (χ4n) is 3.46. The molecule has 7 heteroatoms.